The van der Waals surface area contributed by atoms with E-state index in [9.17, 15) is 9.59 Å². The quantitative estimate of drug-likeness (QED) is 0.307. The predicted molar refractivity (Wildman–Crippen MR) is 135 cm³/mol. The van der Waals surface area contributed by atoms with Gasteiger partial charge in [-0.1, -0.05) is 62.9 Å². The van der Waals surface area contributed by atoms with Gasteiger partial charge in [-0.05, 0) is 48.7 Å². The standard InChI is InChI=1S/C27H32N2O3S/c1-3-4-5-6-10-17-32-22-15-13-21(14-16-22)26(31)29-27-24(25(28)30)19(2)23(33-27)18-20-11-8-7-9-12-20/h7-9,11-16H,3-6,10,17-18H2,1-2H3,(H2,28,30)(H,29,31). The number of carbonyl (C=O) groups excluding carboxylic acids is 2. The Morgan fingerprint density at radius 2 is 1.67 bits per heavy atom. The van der Waals surface area contributed by atoms with Gasteiger partial charge in [-0.2, -0.15) is 0 Å². The van der Waals surface area contributed by atoms with Gasteiger partial charge in [0.15, 0.2) is 0 Å². The second kappa shape index (κ2) is 12.2. The molecule has 6 heteroatoms. The Morgan fingerprint density at radius 1 is 0.970 bits per heavy atom. The Morgan fingerprint density at radius 3 is 2.33 bits per heavy atom. The number of amides is 2. The molecular formula is C27H32N2O3S. The average Bonchev–Trinajstić information content (AvgIpc) is 3.11. The molecule has 1 aromatic heterocycles. The normalized spacial score (nSPS) is 10.7. The topological polar surface area (TPSA) is 81.4 Å². The first-order valence-corrected chi connectivity index (χ1v) is 12.3. The smallest absolute Gasteiger partial charge is 0.256 e. The van der Waals surface area contributed by atoms with Gasteiger partial charge in [-0.25, -0.2) is 0 Å². The third kappa shape index (κ3) is 6.93. The molecule has 5 nitrogen and oxygen atoms in total. The first-order chi connectivity index (χ1) is 16.0. The summed E-state index contributed by atoms with van der Waals surface area (Å²) in [5.74, 6) is -0.0749. The monoisotopic (exact) mass is 464 g/mol. The van der Waals surface area contributed by atoms with Crippen molar-refractivity contribution in [3.8, 4) is 5.75 Å². The molecule has 0 fully saturated rings. The molecule has 0 aliphatic heterocycles. The highest BCUT2D eigenvalue weighted by molar-refractivity contribution is 7.17. The first-order valence-electron chi connectivity index (χ1n) is 11.5. The maximum Gasteiger partial charge on any atom is 0.256 e. The molecule has 0 aliphatic carbocycles. The van der Waals surface area contributed by atoms with Crippen molar-refractivity contribution in [2.45, 2.75) is 52.4 Å². The van der Waals surface area contributed by atoms with Gasteiger partial charge >= 0.3 is 0 Å². The van der Waals surface area contributed by atoms with Crippen LogP contribution in [0.4, 0.5) is 5.00 Å². The molecule has 0 bridgehead atoms. The summed E-state index contributed by atoms with van der Waals surface area (Å²) in [5.41, 5.74) is 8.46. The van der Waals surface area contributed by atoms with Crippen LogP contribution in [0.1, 0.15) is 75.7 Å². The summed E-state index contributed by atoms with van der Waals surface area (Å²) >= 11 is 1.40. The van der Waals surface area contributed by atoms with E-state index >= 15 is 0 Å². The Hall–Kier alpha value is -3.12. The molecule has 3 aromatic rings. The zero-order chi connectivity index (χ0) is 23.6. The maximum atomic E-state index is 12.8. The molecule has 0 saturated carbocycles. The van der Waals surface area contributed by atoms with Crippen LogP contribution < -0.4 is 15.8 Å². The van der Waals surface area contributed by atoms with Crippen molar-refractivity contribution in [2.75, 3.05) is 11.9 Å². The van der Waals surface area contributed by atoms with Crippen LogP contribution in [0, 0.1) is 6.92 Å². The van der Waals surface area contributed by atoms with E-state index in [1.807, 2.05) is 37.3 Å². The zero-order valence-electron chi connectivity index (χ0n) is 19.4. The number of primary amides is 1. The molecule has 3 rings (SSSR count). The van der Waals surface area contributed by atoms with E-state index < -0.39 is 5.91 Å². The lowest BCUT2D eigenvalue weighted by Gasteiger charge is -2.08. The first kappa shape index (κ1) is 24.5. The van der Waals surface area contributed by atoms with E-state index in [2.05, 4.69) is 12.2 Å². The lowest BCUT2D eigenvalue weighted by molar-refractivity contribution is 0.100. The molecule has 2 aromatic carbocycles. The molecule has 3 N–H and O–H groups in total. The van der Waals surface area contributed by atoms with E-state index in [0.29, 0.717) is 29.2 Å². The fourth-order valence-corrected chi connectivity index (χ4v) is 4.91. The summed E-state index contributed by atoms with van der Waals surface area (Å²) in [6.45, 7) is 4.75. The molecule has 2 amide bonds. The number of rotatable bonds is 12. The van der Waals surface area contributed by atoms with E-state index in [0.717, 1.165) is 28.2 Å². The summed E-state index contributed by atoms with van der Waals surface area (Å²) in [7, 11) is 0. The minimum Gasteiger partial charge on any atom is -0.494 e. The van der Waals surface area contributed by atoms with Crippen LogP contribution in [0.2, 0.25) is 0 Å². The molecule has 1 heterocycles. The minimum absolute atomic E-state index is 0.281. The molecule has 0 unspecified atom stereocenters. The number of unbranched alkanes of at least 4 members (excludes halogenated alkanes) is 4. The maximum absolute atomic E-state index is 12.8. The number of nitrogens with two attached hydrogens (primary N) is 1. The van der Waals surface area contributed by atoms with Gasteiger partial charge in [-0.3, -0.25) is 9.59 Å². The summed E-state index contributed by atoms with van der Waals surface area (Å²) in [6.07, 6.45) is 6.60. The number of thiophene rings is 1. The van der Waals surface area contributed by atoms with Crippen molar-refractivity contribution in [3.05, 3.63) is 81.7 Å². The highest BCUT2D eigenvalue weighted by atomic mass is 32.1. The summed E-state index contributed by atoms with van der Waals surface area (Å²) in [4.78, 5) is 26.0. The predicted octanol–water partition coefficient (Wildman–Crippen LogP) is 6.35. The van der Waals surface area contributed by atoms with Gasteiger partial charge in [0, 0.05) is 16.9 Å². The van der Waals surface area contributed by atoms with Gasteiger partial charge in [0.05, 0.1) is 12.2 Å². The van der Waals surface area contributed by atoms with Crippen LogP contribution in [0.25, 0.3) is 0 Å². The van der Waals surface area contributed by atoms with Crippen molar-refractivity contribution in [3.63, 3.8) is 0 Å². The minimum atomic E-state index is -0.541. The fourth-order valence-electron chi connectivity index (χ4n) is 3.67. The average molecular weight is 465 g/mol. The number of hydrogen-bond acceptors (Lipinski definition) is 4. The molecule has 0 saturated heterocycles. The van der Waals surface area contributed by atoms with E-state index in [4.69, 9.17) is 10.5 Å². The van der Waals surface area contributed by atoms with Crippen LogP contribution >= 0.6 is 11.3 Å². The Balaban J connectivity index is 1.64. The van der Waals surface area contributed by atoms with Gasteiger partial charge in [0.25, 0.3) is 11.8 Å². The Bertz CT molecular complexity index is 1060. The van der Waals surface area contributed by atoms with Crippen LogP contribution in [-0.2, 0) is 6.42 Å². The molecule has 0 spiro atoms. The second-order valence-electron chi connectivity index (χ2n) is 8.12. The van der Waals surface area contributed by atoms with Crippen molar-refractivity contribution in [1.82, 2.24) is 0 Å². The highest BCUT2D eigenvalue weighted by Gasteiger charge is 2.21. The third-order valence-electron chi connectivity index (χ3n) is 5.56. The highest BCUT2D eigenvalue weighted by Crippen LogP contribution is 2.34. The summed E-state index contributed by atoms with van der Waals surface area (Å²) < 4.78 is 5.77. The van der Waals surface area contributed by atoms with Gasteiger partial charge in [-0.15, -0.1) is 11.3 Å². The molecule has 0 aliphatic rings. The van der Waals surface area contributed by atoms with E-state index in [1.54, 1.807) is 24.3 Å². The molecular weight excluding hydrogens is 432 g/mol. The second-order valence-corrected chi connectivity index (χ2v) is 9.23. The van der Waals surface area contributed by atoms with Crippen LogP contribution in [0.15, 0.2) is 54.6 Å². The van der Waals surface area contributed by atoms with Gasteiger partial charge in [0.2, 0.25) is 0 Å². The number of nitrogens with one attached hydrogen (secondary N) is 1. The Labute approximate surface area is 200 Å². The van der Waals surface area contributed by atoms with E-state index in [-0.39, 0.29) is 5.91 Å². The molecule has 0 atom stereocenters. The Kier molecular flexibility index (Phi) is 9.07. The largest absolute Gasteiger partial charge is 0.494 e. The lowest BCUT2D eigenvalue weighted by atomic mass is 10.1. The SMILES string of the molecule is CCCCCCCOc1ccc(C(=O)Nc2sc(Cc3ccccc3)c(C)c2C(N)=O)cc1. The third-order valence-corrected chi connectivity index (χ3v) is 6.77. The van der Waals surface area contributed by atoms with Crippen molar-refractivity contribution in [2.24, 2.45) is 5.73 Å². The summed E-state index contributed by atoms with van der Waals surface area (Å²) in [6, 6.07) is 17.1. The summed E-state index contributed by atoms with van der Waals surface area (Å²) in [5, 5.41) is 3.37. The van der Waals surface area contributed by atoms with Crippen LogP contribution in [0.3, 0.4) is 0 Å². The number of benzene rings is 2. The van der Waals surface area contributed by atoms with Crippen molar-refractivity contribution >= 4 is 28.2 Å². The van der Waals surface area contributed by atoms with Gasteiger partial charge < -0.3 is 15.8 Å². The van der Waals surface area contributed by atoms with Gasteiger partial charge in [0.1, 0.15) is 10.8 Å². The number of ether oxygens (including phenoxy) is 1. The molecule has 33 heavy (non-hydrogen) atoms. The fraction of sp³-hybridized carbons (Fsp3) is 0.333. The zero-order valence-corrected chi connectivity index (χ0v) is 20.2. The lowest BCUT2D eigenvalue weighted by Crippen LogP contribution is -2.17. The number of hydrogen-bond donors (Lipinski definition) is 2. The van der Waals surface area contributed by atoms with Crippen molar-refractivity contribution < 1.29 is 14.3 Å². The van der Waals surface area contributed by atoms with Crippen molar-refractivity contribution in [1.29, 1.82) is 0 Å². The number of carbonyl (C=O) groups is 2. The number of anilines is 1. The van der Waals surface area contributed by atoms with Crippen LogP contribution in [-0.4, -0.2) is 18.4 Å². The molecule has 174 valence electrons. The molecule has 0 radical (unpaired) electrons. The van der Waals surface area contributed by atoms with E-state index in [1.165, 1.54) is 37.0 Å². The van der Waals surface area contributed by atoms with Crippen LogP contribution in [0.5, 0.6) is 5.75 Å².